The number of aromatic nitrogens is 1. The van der Waals surface area contributed by atoms with Crippen LogP contribution in [-0.2, 0) is 16.1 Å². The van der Waals surface area contributed by atoms with Gasteiger partial charge in [0.25, 0.3) is 0 Å². The largest absolute Gasteiger partial charge is 0.461 e. The van der Waals surface area contributed by atoms with Gasteiger partial charge in [-0.2, -0.15) is 0 Å². The Morgan fingerprint density at radius 1 is 1.20 bits per heavy atom. The van der Waals surface area contributed by atoms with Gasteiger partial charge in [-0.1, -0.05) is 33.1 Å². The van der Waals surface area contributed by atoms with Crippen LogP contribution in [0.4, 0.5) is 0 Å². The number of ether oxygens (including phenoxy) is 1. The SMILES string of the molecule is CCOC(=O)c1[nH]c(C)c(CN(C(=O)C(C)C)C2CCCCC2)c1C. The van der Waals surface area contributed by atoms with Crippen molar-refractivity contribution in [2.45, 2.75) is 79.3 Å². The Morgan fingerprint density at radius 3 is 2.40 bits per heavy atom. The number of carbonyl (C=O) groups excluding carboxylic acids is 2. The number of hydrogen-bond donors (Lipinski definition) is 1. The van der Waals surface area contributed by atoms with Crippen molar-refractivity contribution >= 4 is 11.9 Å². The molecule has 0 aliphatic heterocycles. The molecule has 0 spiro atoms. The fourth-order valence-electron chi connectivity index (χ4n) is 3.72. The molecule has 0 bridgehead atoms. The van der Waals surface area contributed by atoms with Crippen molar-refractivity contribution in [3.63, 3.8) is 0 Å². The Morgan fingerprint density at radius 2 is 1.84 bits per heavy atom. The van der Waals surface area contributed by atoms with Crippen molar-refractivity contribution in [3.05, 3.63) is 22.5 Å². The lowest BCUT2D eigenvalue weighted by molar-refractivity contribution is -0.138. The van der Waals surface area contributed by atoms with E-state index in [-0.39, 0.29) is 17.8 Å². The molecule has 1 fully saturated rings. The number of hydrogen-bond acceptors (Lipinski definition) is 3. The standard InChI is InChI=1S/C20H32N2O3/c1-6-25-20(24)18-14(4)17(15(5)21-18)12-22(19(23)13(2)3)16-10-8-7-9-11-16/h13,16,21H,6-12H2,1-5H3. The molecule has 0 aromatic carbocycles. The molecule has 1 aromatic heterocycles. The molecule has 1 aliphatic carbocycles. The van der Waals surface area contributed by atoms with E-state index in [4.69, 9.17) is 4.74 Å². The lowest BCUT2D eigenvalue weighted by atomic mass is 9.92. The molecule has 2 rings (SSSR count). The Kier molecular flexibility index (Phi) is 6.68. The summed E-state index contributed by atoms with van der Waals surface area (Å²) in [7, 11) is 0. The average Bonchev–Trinajstić information content (AvgIpc) is 2.87. The quantitative estimate of drug-likeness (QED) is 0.786. The van der Waals surface area contributed by atoms with Crippen LogP contribution in [0.3, 0.4) is 0 Å². The highest BCUT2D eigenvalue weighted by Crippen LogP contribution is 2.28. The number of carbonyl (C=O) groups is 2. The van der Waals surface area contributed by atoms with E-state index >= 15 is 0 Å². The van der Waals surface area contributed by atoms with E-state index < -0.39 is 0 Å². The van der Waals surface area contributed by atoms with Crippen LogP contribution in [-0.4, -0.2) is 34.4 Å². The van der Waals surface area contributed by atoms with Crippen LogP contribution >= 0.6 is 0 Å². The summed E-state index contributed by atoms with van der Waals surface area (Å²) >= 11 is 0. The number of aromatic amines is 1. The maximum atomic E-state index is 12.8. The Balaban J connectivity index is 2.29. The van der Waals surface area contributed by atoms with Gasteiger partial charge < -0.3 is 14.6 Å². The van der Waals surface area contributed by atoms with E-state index in [1.807, 2.05) is 32.6 Å². The van der Waals surface area contributed by atoms with E-state index in [2.05, 4.69) is 4.98 Å². The second-order valence-corrected chi connectivity index (χ2v) is 7.36. The van der Waals surface area contributed by atoms with Crippen LogP contribution in [0, 0.1) is 19.8 Å². The summed E-state index contributed by atoms with van der Waals surface area (Å²) in [6, 6.07) is 0.309. The first kappa shape index (κ1) is 19.5. The molecule has 1 aliphatic rings. The van der Waals surface area contributed by atoms with Crippen LogP contribution in [0.2, 0.25) is 0 Å². The Labute approximate surface area is 151 Å². The van der Waals surface area contributed by atoms with Gasteiger partial charge in [-0.25, -0.2) is 4.79 Å². The average molecular weight is 348 g/mol. The minimum atomic E-state index is -0.325. The number of amides is 1. The third kappa shape index (κ3) is 4.44. The number of H-pyrrole nitrogens is 1. The molecule has 1 N–H and O–H groups in total. The first-order valence-corrected chi connectivity index (χ1v) is 9.52. The molecule has 25 heavy (non-hydrogen) atoms. The highest BCUT2D eigenvalue weighted by Gasteiger charge is 2.29. The fourth-order valence-corrected chi connectivity index (χ4v) is 3.72. The molecule has 0 atom stereocenters. The third-order valence-electron chi connectivity index (χ3n) is 5.19. The highest BCUT2D eigenvalue weighted by atomic mass is 16.5. The number of nitrogens with one attached hydrogen (secondary N) is 1. The lowest BCUT2D eigenvalue weighted by Gasteiger charge is -2.36. The predicted octanol–water partition coefficient (Wildman–Crippen LogP) is 4.13. The van der Waals surface area contributed by atoms with Gasteiger partial charge in [0.05, 0.1) is 6.61 Å². The molecule has 0 unspecified atom stereocenters. The van der Waals surface area contributed by atoms with Crippen molar-refractivity contribution in [3.8, 4) is 0 Å². The highest BCUT2D eigenvalue weighted by molar-refractivity contribution is 5.90. The summed E-state index contributed by atoms with van der Waals surface area (Å²) < 4.78 is 5.13. The first-order chi connectivity index (χ1) is 11.9. The molecule has 1 heterocycles. The van der Waals surface area contributed by atoms with Crippen LogP contribution in [0.1, 0.15) is 80.2 Å². The maximum absolute atomic E-state index is 12.8. The maximum Gasteiger partial charge on any atom is 0.355 e. The van der Waals surface area contributed by atoms with E-state index in [1.54, 1.807) is 6.92 Å². The Bertz CT molecular complexity index is 613. The number of esters is 1. The fraction of sp³-hybridized carbons (Fsp3) is 0.700. The van der Waals surface area contributed by atoms with Crippen molar-refractivity contribution in [1.29, 1.82) is 0 Å². The summed E-state index contributed by atoms with van der Waals surface area (Å²) in [6.45, 7) is 10.5. The van der Waals surface area contributed by atoms with Crippen molar-refractivity contribution < 1.29 is 14.3 Å². The molecule has 5 nitrogen and oxygen atoms in total. The number of nitrogens with zero attached hydrogens (tertiary/aromatic N) is 1. The summed E-state index contributed by atoms with van der Waals surface area (Å²) in [5, 5.41) is 0. The summed E-state index contributed by atoms with van der Waals surface area (Å²) in [6.07, 6.45) is 5.78. The normalized spacial score (nSPS) is 15.4. The predicted molar refractivity (Wildman–Crippen MR) is 98.5 cm³/mol. The first-order valence-electron chi connectivity index (χ1n) is 9.52. The molecule has 1 aromatic rings. The lowest BCUT2D eigenvalue weighted by Crippen LogP contribution is -2.43. The number of rotatable bonds is 6. The van der Waals surface area contributed by atoms with Gasteiger partial charge in [0.2, 0.25) is 5.91 Å². The molecule has 1 saturated carbocycles. The zero-order valence-electron chi connectivity index (χ0n) is 16.3. The molecule has 0 radical (unpaired) electrons. The van der Waals surface area contributed by atoms with Gasteiger partial charge in [-0.05, 0) is 44.7 Å². The van der Waals surface area contributed by atoms with Crippen molar-refractivity contribution in [2.24, 2.45) is 5.92 Å². The van der Waals surface area contributed by atoms with Crippen molar-refractivity contribution in [1.82, 2.24) is 9.88 Å². The summed E-state index contributed by atoms with van der Waals surface area (Å²) in [5.74, 6) is -0.149. The Hall–Kier alpha value is -1.78. The van der Waals surface area contributed by atoms with E-state index in [0.717, 1.165) is 29.7 Å². The molecule has 0 saturated heterocycles. The van der Waals surface area contributed by atoms with E-state index in [1.165, 1.54) is 19.3 Å². The smallest absolute Gasteiger partial charge is 0.355 e. The summed E-state index contributed by atoms with van der Waals surface area (Å²) in [4.78, 5) is 30.2. The zero-order valence-corrected chi connectivity index (χ0v) is 16.3. The second kappa shape index (κ2) is 8.54. The van der Waals surface area contributed by atoms with Crippen LogP contribution in [0.15, 0.2) is 0 Å². The van der Waals surface area contributed by atoms with Gasteiger partial charge in [0.1, 0.15) is 5.69 Å². The van der Waals surface area contributed by atoms with Crippen LogP contribution in [0.5, 0.6) is 0 Å². The minimum Gasteiger partial charge on any atom is -0.461 e. The molecule has 140 valence electrons. The second-order valence-electron chi connectivity index (χ2n) is 7.36. The van der Waals surface area contributed by atoms with Gasteiger partial charge >= 0.3 is 5.97 Å². The third-order valence-corrected chi connectivity index (χ3v) is 5.19. The van der Waals surface area contributed by atoms with Gasteiger partial charge in [0, 0.05) is 24.2 Å². The molecular formula is C20H32N2O3. The van der Waals surface area contributed by atoms with Gasteiger partial charge in [-0.15, -0.1) is 0 Å². The zero-order chi connectivity index (χ0) is 18.6. The monoisotopic (exact) mass is 348 g/mol. The molecule has 1 amide bonds. The van der Waals surface area contributed by atoms with Gasteiger partial charge in [0.15, 0.2) is 0 Å². The molecule has 5 heteroatoms. The van der Waals surface area contributed by atoms with E-state index in [9.17, 15) is 9.59 Å². The minimum absolute atomic E-state index is 0.0222. The van der Waals surface area contributed by atoms with Crippen LogP contribution < -0.4 is 0 Å². The number of aryl methyl sites for hydroxylation is 1. The van der Waals surface area contributed by atoms with Crippen LogP contribution in [0.25, 0.3) is 0 Å². The topological polar surface area (TPSA) is 62.4 Å². The van der Waals surface area contributed by atoms with Gasteiger partial charge in [-0.3, -0.25) is 4.79 Å². The van der Waals surface area contributed by atoms with Crippen molar-refractivity contribution in [2.75, 3.05) is 6.61 Å². The van der Waals surface area contributed by atoms with E-state index in [0.29, 0.717) is 24.9 Å². The summed E-state index contributed by atoms with van der Waals surface area (Å²) in [5.41, 5.74) is 3.39. The molecular weight excluding hydrogens is 316 g/mol.